The van der Waals surface area contributed by atoms with Gasteiger partial charge in [0.1, 0.15) is 6.61 Å². The van der Waals surface area contributed by atoms with Crippen LogP contribution < -0.4 is 9.47 Å². The molecule has 0 fully saturated rings. The lowest BCUT2D eigenvalue weighted by Gasteiger charge is -2.12. The Morgan fingerprint density at radius 1 is 1.21 bits per heavy atom. The smallest absolute Gasteiger partial charge is 0.219 e. The molecule has 1 aromatic heterocycles. The average molecular weight is 326 g/mol. The SMILES string of the molecule is COc1ncccc1COc1c(F)cccc1CBr. The Kier molecular flexibility index (Phi) is 4.74. The molecule has 0 saturated heterocycles. The third-order valence-electron chi connectivity index (χ3n) is 2.61. The number of pyridine rings is 1. The van der Waals surface area contributed by atoms with Crippen molar-refractivity contribution >= 4 is 15.9 Å². The summed E-state index contributed by atoms with van der Waals surface area (Å²) < 4.78 is 24.4. The molecular weight excluding hydrogens is 313 g/mol. The monoisotopic (exact) mass is 325 g/mol. The zero-order valence-electron chi connectivity index (χ0n) is 10.4. The highest BCUT2D eigenvalue weighted by molar-refractivity contribution is 9.08. The van der Waals surface area contributed by atoms with E-state index in [0.717, 1.165) is 11.1 Å². The lowest BCUT2D eigenvalue weighted by Crippen LogP contribution is -2.03. The van der Waals surface area contributed by atoms with E-state index in [1.54, 1.807) is 25.4 Å². The Bertz CT molecular complexity index is 563. The molecule has 0 radical (unpaired) electrons. The number of hydrogen-bond acceptors (Lipinski definition) is 3. The zero-order chi connectivity index (χ0) is 13.7. The number of nitrogens with zero attached hydrogens (tertiary/aromatic N) is 1. The molecule has 0 saturated carbocycles. The van der Waals surface area contributed by atoms with E-state index in [-0.39, 0.29) is 18.2 Å². The van der Waals surface area contributed by atoms with Crippen molar-refractivity contribution in [3.8, 4) is 11.6 Å². The van der Waals surface area contributed by atoms with Crippen LogP contribution in [0.5, 0.6) is 11.6 Å². The van der Waals surface area contributed by atoms with Crippen molar-refractivity contribution < 1.29 is 13.9 Å². The lowest BCUT2D eigenvalue weighted by atomic mass is 10.2. The Morgan fingerprint density at radius 2 is 2.00 bits per heavy atom. The van der Waals surface area contributed by atoms with Gasteiger partial charge in [-0.25, -0.2) is 9.37 Å². The van der Waals surface area contributed by atoms with Crippen molar-refractivity contribution in [3.05, 3.63) is 53.5 Å². The van der Waals surface area contributed by atoms with Crippen LogP contribution in [-0.4, -0.2) is 12.1 Å². The van der Waals surface area contributed by atoms with E-state index in [9.17, 15) is 4.39 Å². The summed E-state index contributed by atoms with van der Waals surface area (Å²) in [5, 5.41) is 0.532. The van der Waals surface area contributed by atoms with Gasteiger partial charge in [-0.2, -0.15) is 0 Å². The van der Waals surface area contributed by atoms with Gasteiger partial charge in [-0.05, 0) is 18.2 Å². The second-order valence-corrected chi connectivity index (χ2v) is 4.38. The van der Waals surface area contributed by atoms with Crippen molar-refractivity contribution in [1.29, 1.82) is 0 Å². The van der Waals surface area contributed by atoms with E-state index in [1.165, 1.54) is 6.07 Å². The maximum absolute atomic E-state index is 13.7. The van der Waals surface area contributed by atoms with Crippen LogP contribution in [0.4, 0.5) is 4.39 Å². The predicted molar refractivity (Wildman–Crippen MR) is 74.2 cm³/mol. The van der Waals surface area contributed by atoms with Crippen LogP contribution in [0.15, 0.2) is 36.5 Å². The van der Waals surface area contributed by atoms with Crippen LogP contribution in [0.3, 0.4) is 0 Å². The first-order valence-corrected chi connectivity index (χ1v) is 6.82. The van der Waals surface area contributed by atoms with Crippen LogP contribution >= 0.6 is 15.9 Å². The van der Waals surface area contributed by atoms with Crippen LogP contribution in [-0.2, 0) is 11.9 Å². The number of aromatic nitrogens is 1. The van der Waals surface area contributed by atoms with Gasteiger partial charge in [0.15, 0.2) is 11.6 Å². The van der Waals surface area contributed by atoms with Gasteiger partial charge < -0.3 is 9.47 Å². The largest absolute Gasteiger partial charge is 0.485 e. The number of methoxy groups -OCH3 is 1. The fourth-order valence-corrected chi connectivity index (χ4v) is 2.13. The minimum atomic E-state index is -0.375. The molecule has 0 amide bonds. The molecule has 1 heterocycles. The second kappa shape index (κ2) is 6.52. The summed E-state index contributed by atoms with van der Waals surface area (Å²) in [6, 6.07) is 8.47. The van der Waals surface area contributed by atoms with Crippen molar-refractivity contribution in [2.24, 2.45) is 0 Å². The molecule has 0 spiro atoms. The number of ether oxygens (including phenoxy) is 2. The summed E-state index contributed by atoms with van der Waals surface area (Å²) in [4.78, 5) is 4.07. The first kappa shape index (κ1) is 13.8. The van der Waals surface area contributed by atoms with E-state index in [0.29, 0.717) is 11.2 Å². The number of halogens is 2. The summed E-state index contributed by atoms with van der Waals surface area (Å²) >= 11 is 3.31. The highest BCUT2D eigenvalue weighted by atomic mass is 79.9. The molecule has 0 atom stereocenters. The molecule has 0 unspecified atom stereocenters. The normalized spacial score (nSPS) is 10.3. The number of hydrogen-bond donors (Lipinski definition) is 0. The predicted octanol–water partition coefficient (Wildman–Crippen LogP) is 3.70. The van der Waals surface area contributed by atoms with Crippen LogP contribution in [0.2, 0.25) is 0 Å². The van der Waals surface area contributed by atoms with E-state index < -0.39 is 0 Å². The van der Waals surface area contributed by atoms with E-state index in [2.05, 4.69) is 20.9 Å². The third kappa shape index (κ3) is 3.23. The molecule has 2 aromatic rings. The van der Waals surface area contributed by atoms with Gasteiger partial charge in [0.25, 0.3) is 0 Å². The maximum atomic E-state index is 13.7. The Hall–Kier alpha value is -1.62. The number of alkyl halides is 1. The van der Waals surface area contributed by atoms with E-state index in [1.807, 2.05) is 12.1 Å². The molecule has 5 heteroatoms. The third-order valence-corrected chi connectivity index (χ3v) is 3.21. The highest BCUT2D eigenvalue weighted by Gasteiger charge is 2.11. The van der Waals surface area contributed by atoms with Crippen molar-refractivity contribution in [2.75, 3.05) is 7.11 Å². The lowest BCUT2D eigenvalue weighted by molar-refractivity contribution is 0.278. The molecule has 3 nitrogen and oxygen atoms in total. The molecule has 1 aromatic carbocycles. The molecule has 0 bridgehead atoms. The summed E-state index contributed by atoms with van der Waals surface area (Å²) in [7, 11) is 1.54. The van der Waals surface area contributed by atoms with Gasteiger partial charge in [0.2, 0.25) is 5.88 Å². The Balaban J connectivity index is 2.19. The Morgan fingerprint density at radius 3 is 2.74 bits per heavy atom. The van der Waals surface area contributed by atoms with Crippen LogP contribution in [0, 0.1) is 5.82 Å². The molecule has 0 aliphatic rings. The maximum Gasteiger partial charge on any atom is 0.219 e. The van der Waals surface area contributed by atoms with Gasteiger partial charge in [-0.3, -0.25) is 0 Å². The minimum absolute atomic E-state index is 0.206. The zero-order valence-corrected chi connectivity index (χ0v) is 12.0. The minimum Gasteiger partial charge on any atom is -0.485 e. The number of para-hydroxylation sites is 1. The van der Waals surface area contributed by atoms with Gasteiger partial charge in [0.05, 0.1) is 12.7 Å². The molecule has 0 N–H and O–H groups in total. The fourth-order valence-electron chi connectivity index (χ4n) is 1.69. The molecule has 100 valence electrons. The standard InChI is InChI=1S/C14H13BrFNO2/c1-18-14-11(5-3-7-17-14)9-19-13-10(8-15)4-2-6-12(13)16/h2-7H,8-9H2,1H3. The first-order valence-electron chi connectivity index (χ1n) is 5.70. The number of benzene rings is 1. The molecule has 2 rings (SSSR count). The summed E-state index contributed by atoms with van der Waals surface area (Å²) in [5.74, 6) is 0.365. The quantitative estimate of drug-likeness (QED) is 0.785. The summed E-state index contributed by atoms with van der Waals surface area (Å²) in [5.41, 5.74) is 1.54. The molecular formula is C14H13BrFNO2. The molecule has 0 aliphatic carbocycles. The van der Waals surface area contributed by atoms with E-state index >= 15 is 0 Å². The van der Waals surface area contributed by atoms with Gasteiger partial charge in [-0.1, -0.05) is 28.1 Å². The van der Waals surface area contributed by atoms with Crippen LogP contribution in [0.25, 0.3) is 0 Å². The second-order valence-electron chi connectivity index (χ2n) is 3.82. The van der Waals surface area contributed by atoms with Gasteiger partial charge in [0, 0.05) is 17.1 Å². The molecule has 19 heavy (non-hydrogen) atoms. The van der Waals surface area contributed by atoms with Crippen LogP contribution in [0.1, 0.15) is 11.1 Å². The Labute approximate surface area is 119 Å². The van der Waals surface area contributed by atoms with Crippen molar-refractivity contribution in [3.63, 3.8) is 0 Å². The topological polar surface area (TPSA) is 31.4 Å². The van der Waals surface area contributed by atoms with Crippen molar-refractivity contribution in [1.82, 2.24) is 4.98 Å². The van der Waals surface area contributed by atoms with E-state index in [4.69, 9.17) is 9.47 Å². The highest BCUT2D eigenvalue weighted by Crippen LogP contribution is 2.26. The summed E-state index contributed by atoms with van der Waals surface area (Å²) in [6.45, 7) is 0.206. The first-order chi connectivity index (χ1) is 9.26. The summed E-state index contributed by atoms with van der Waals surface area (Å²) in [6.07, 6.45) is 1.63. The average Bonchev–Trinajstić information content (AvgIpc) is 2.46. The fraction of sp³-hybridized carbons (Fsp3) is 0.214. The number of rotatable bonds is 5. The van der Waals surface area contributed by atoms with Gasteiger partial charge in [-0.15, -0.1) is 0 Å². The van der Waals surface area contributed by atoms with Gasteiger partial charge >= 0.3 is 0 Å². The van der Waals surface area contributed by atoms with Crippen molar-refractivity contribution in [2.45, 2.75) is 11.9 Å². The molecule has 0 aliphatic heterocycles.